The van der Waals surface area contributed by atoms with E-state index in [-0.39, 0.29) is 25.4 Å². The van der Waals surface area contributed by atoms with Crippen LogP contribution < -0.4 is 15.5 Å². The molecule has 2 N–H and O–H groups in total. The lowest BCUT2D eigenvalue weighted by molar-refractivity contribution is -0.118. The van der Waals surface area contributed by atoms with Gasteiger partial charge < -0.3 is 20.3 Å². The van der Waals surface area contributed by atoms with E-state index in [1.165, 1.54) is 11.3 Å². The van der Waals surface area contributed by atoms with E-state index in [2.05, 4.69) is 128 Å². The van der Waals surface area contributed by atoms with E-state index in [0.717, 1.165) is 58.9 Å². The van der Waals surface area contributed by atoms with Crippen LogP contribution in [0.5, 0.6) is 0 Å². The van der Waals surface area contributed by atoms with Crippen LogP contribution in [0.1, 0.15) is 62.3 Å². The first-order chi connectivity index (χ1) is 22.5. The number of alkyl carbamates (subject to hydrolysis) is 1. The summed E-state index contributed by atoms with van der Waals surface area (Å²) in [5.74, 6) is 0.590. The molecule has 0 spiro atoms. The van der Waals surface area contributed by atoms with Crippen LogP contribution >= 0.6 is 12.6 Å². The fourth-order valence-electron chi connectivity index (χ4n) is 5.54. The molecular weight excluding hydrogens is 593 g/mol. The largest absolute Gasteiger partial charge is 0.449 e. The average molecular weight is 639 g/mol. The van der Waals surface area contributed by atoms with Crippen LogP contribution in [0.15, 0.2) is 89.9 Å². The molecule has 0 fully saturated rings. The van der Waals surface area contributed by atoms with Gasteiger partial charge in [0.05, 0.1) is 12.3 Å². The molecule has 7 nitrogen and oxygen atoms in total. The van der Waals surface area contributed by atoms with E-state index >= 15 is 0 Å². The zero-order chi connectivity index (χ0) is 32.7. The summed E-state index contributed by atoms with van der Waals surface area (Å²) < 4.78 is 5.27. The first kappa shape index (κ1) is 34.6. The second kappa shape index (κ2) is 18.0. The molecule has 8 heteroatoms. The summed E-state index contributed by atoms with van der Waals surface area (Å²) in [6, 6.07) is 25.9. The Morgan fingerprint density at radius 3 is 2.17 bits per heavy atom. The molecule has 0 saturated carbocycles. The van der Waals surface area contributed by atoms with E-state index in [9.17, 15) is 9.59 Å². The van der Waals surface area contributed by atoms with Gasteiger partial charge >= 0.3 is 6.09 Å². The topological polar surface area (TPSA) is 83.0 Å². The smallest absolute Gasteiger partial charge is 0.407 e. The van der Waals surface area contributed by atoms with Crippen LogP contribution in [0.2, 0.25) is 0 Å². The summed E-state index contributed by atoms with van der Waals surface area (Å²) in [5.41, 5.74) is 10.1. The van der Waals surface area contributed by atoms with Crippen molar-refractivity contribution in [1.29, 1.82) is 0 Å². The lowest BCUT2D eigenvalue weighted by Crippen LogP contribution is -2.27. The van der Waals surface area contributed by atoms with E-state index in [1.807, 2.05) is 6.07 Å². The number of carbonyl (C=O) groups is 2. The molecule has 0 radical (unpaired) electrons. The summed E-state index contributed by atoms with van der Waals surface area (Å²) in [6.45, 7) is 10.3. The van der Waals surface area contributed by atoms with Crippen LogP contribution in [0.4, 0.5) is 16.2 Å². The molecule has 0 bridgehead atoms. The van der Waals surface area contributed by atoms with E-state index < -0.39 is 6.09 Å². The fraction of sp³-hybridized carbons (Fsp3) is 0.342. The van der Waals surface area contributed by atoms with Crippen molar-refractivity contribution in [2.45, 2.75) is 40.0 Å². The number of hydrogen-bond acceptors (Lipinski definition) is 7. The number of nitrogens with zero attached hydrogens (tertiary/aromatic N) is 2. The van der Waals surface area contributed by atoms with Gasteiger partial charge in [0, 0.05) is 68.9 Å². The standard InChI is InChI=1S/C38H46N4O3S/c1-4-39-30-16-12-28(13-17-30)37(29-14-18-31(19-15-29)42(5-2)6-3)35-20-21-36(34-11-8-7-10-33(34)35)40-24-9-26-45-38(44)41-25-22-32(43)23-27-46/h7-8,10-21,39,46H,4-6,9,22-27H2,1-3H3,(H,41,44). The zero-order valence-corrected chi connectivity index (χ0v) is 28.1. The molecule has 1 aliphatic rings. The molecule has 46 heavy (non-hydrogen) atoms. The Kier molecular flexibility index (Phi) is 13.5. The Hall–Kier alpha value is -4.30. The summed E-state index contributed by atoms with van der Waals surface area (Å²) in [4.78, 5) is 30.8. The molecule has 0 unspecified atom stereocenters. The van der Waals surface area contributed by atoms with Crippen LogP contribution in [-0.4, -0.2) is 62.7 Å². The SMILES string of the molecule is CCNc1ccc(C(=C2C=CC(=NCCCOC(=O)NCCC(=O)CCS)c3ccccc32)c2ccc(N(CC)CC)cc2)cc1. The van der Waals surface area contributed by atoms with Crippen LogP contribution in [-0.2, 0) is 9.53 Å². The van der Waals surface area contributed by atoms with Gasteiger partial charge in [0.2, 0.25) is 0 Å². The normalized spacial score (nSPS) is 14.0. The predicted molar refractivity (Wildman–Crippen MR) is 196 cm³/mol. The molecular formula is C38H46N4O3S. The molecule has 1 aliphatic carbocycles. The number of benzene rings is 3. The number of rotatable bonds is 16. The highest BCUT2D eigenvalue weighted by atomic mass is 32.1. The summed E-state index contributed by atoms with van der Waals surface area (Å²) in [6.07, 6.45) is 5.04. The third kappa shape index (κ3) is 9.36. The highest BCUT2D eigenvalue weighted by Gasteiger charge is 2.20. The number of allylic oxidation sites excluding steroid dienone is 3. The predicted octanol–water partition coefficient (Wildman–Crippen LogP) is 7.68. The molecule has 0 atom stereocenters. The van der Waals surface area contributed by atoms with Crippen molar-refractivity contribution < 1.29 is 14.3 Å². The Morgan fingerprint density at radius 2 is 1.52 bits per heavy atom. The number of ketones is 1. The number of nitrogens with one attached hydrogen (secondary N) is 2. The highest BCUT2D eigenvalue weighted by molar-refractivity contribution is 7.80. The van der Waals surface area contributed by atoms with Crippen LogP contribution in [0.3, 0.4) is 0 Å². The van der Waals surface area contributed by atoms with Gasteiger partial charge in [-0.3, -0.25) is 9.79 Å². The minimum Gasteiger partial charge on any atom is -0.449 e. The van der Waals surface area contributed by atoms with Gasteiger partial charge in [0.15, 0.2) is 0 Å². The van der Waals surface area contributed by atoms with Crippen molar-refractivity contribution in [3.05, 3.63) is 107 Å². The van der Waals surface area contributed by atoms with Crippen molar-refractivity contribution >= 4 is 52.7 Å². The first-order valence-corrected chi connectivity index (χ1v) is 16.9. The van der Waals surface area contributed by atoms with Crippen molar-refractivity contribution in [2.75, 3.05) is 55.3 Å². The molecule has 4 rings (SSSR count). The van der Waals surface area contributed by atoms with E-state index in [4.69, 9.17) is 9.73 Å². The molecule has 0 heterocycles. The molecule has 3 aromatic rings. The summed E-state index contributed by atoms with van der Waals surface area (Å²) in [5, 5.41) is 6.03. The third-order valence-corrected chi connectivity index (χ3v) is 8.11. The van der Waals surface area contributed by atoms with Crippen molar-refractivity contribution in [1.82, 2.24) is 5.32 Å². The number of ether oxygens (including phenoxy) is 1. The number of hydrogen-bond donors (Lipinski definition) is 3. The monoisotopic (exact) mass is 638 g/mol. The number of thiol groups is 1. The lowest BCUT2D eigenvalue weighted by Gasteiger charge is -2.23. The van der Waals surface area contributed by atoms with Crippen molar-refractivity contribution in [3.63, 3.8) is 0 Å². The number of anilines is 2. The number of fused-ring (bicyclic) bond motifs is 1. The Labute approximate surface area is 279 Å². The van der Waals surface area contributed by atoms with Crippen LogP contribution in [0.25, 0.3) is 11.1 Å². The van der Waals surface area contributed by atoms with E-state index in [1.54, 1.807) is 0 Å². The Bertz CT molecular complexity index is 1540. The maximum Gasteiger partial charge on any atom is 0.407 e. The minimum absolute atomic E-state index is 0.0763. The van der Waals surface area contributed by atoms with Gasteiger partial charge in [-0.05, 0) is 84.7 Å². The molecule has 242 valence electrons. The third-order valence-electron chi connectivity index (χ3n) is 7.89. The maximum absolute atomic E-state index is 12.0. The Balaban J connectivity index is 1.56. The second-order valence-electron chi connectivity index (χ2n) is 10.9. The van der Waals surface area contributed by atoms with Gasteiger partial charge in [0.1, 0.15) is 5.78 Å². The number of amides is 1. The highest BCUT2D eigenvalue weighted by Crippen LogP contribution is 2.38. The average Bonchev–Trinajstić information content (AvgIpc) is 3.07. The van der Waals surface area contributed by atoms with Crippen molar-refractivity contribution in [2.24, 2.45) is 4.99 Å². The van der Waals surface area contributed by atoms with Gasteiger partial charge in [0.25, 0.3) is 0 Å². The molecule has 0 aromatic heterocycles. The van der Waals surface area contributed by atoms with Gasteiger partial charge in [-0.15, -0.1) is 0 Å². The van der Waals surface area contributed by atoms with E-state index in [0.29, 0.717) is 25.1 Å². The number of aliphatic imine (C=N–C) groups is 1. The van der Waals surface area contributed by atoms with Gasteiger partial charge in [-0.2, -0.15) is 12.6 Å². The summed E-state index contributed by atoms with van der Waals surface area (Å²) >= 11 is 4.06. The maximum atomic E-state index is 12.0. The van der Waals surface area contributed by atoms with Gasteiger partial charge in [-0.25, -0.2) is 4.79 Å². The molecule has 0 aliphatic heterocycles. The first-order valence-electron chi connectivity index (χ1n) is 16.3. The number of carbonyl (C=O) groups excluding carboxylic acids is 2. The summed E-state index contributed by atoms with van der Waals surface area (Å²) in [7, 11) is 0. The second-order valence-corrected chi connectivity index (χ2v) is 11.4. The fourth-order valence-corrected chi connectivity index (χ4v) is 5.79. The molecule has 3 aromatic carbocycles. The molecule has 1 amide bonds. The number of Topliss-reactive ketones (excluding diaryl/α,β-unsaturated/α-hetero) is 1. The Morgan fingerprint density at radius 1 is 0.848 bits per heavy atom. The van der Waals surface area contributed by atoms with Gasteiger partial charge in [-0.1, -0.05) is 54.6 Å². The molecule has 0 saturated heterocycles. The zero-order valence-electron chi connectivity index (χ0n) is 27.2. The van der Waals surface area contributed by atoms with Crippen molar-refractivity contribution in [3.8, 4) is 0 Å². The lowest BCUT2D eigenvalue weighted by atomic mass is 9.83. The quantitative estimate of drug-likeness (QED) is 0.111. The van der Waals surface area contributed by atoms with Crippen LogP contribution in [0, 0.1) is 0 Å². The minimum atomic E-state index is -0.514.